The van der Waals surface area contributed by atoms with E-state index in [1.807, 2.05) is 24.3 Å². The quantitative estimate of drug-likeness (QED) is 0.733. The van der Waals surface area contributed by atoms with Crippen LogP contribution in [0.25, 0.3) is 10.8 Å². The smallest absolute Gasteiger partial charge is 0.407 e. The highest BCUT2D eigenvalue weighted by atomic mass is 16.6. The Balaban J connectivity index is 1.57. The van der Waals surface area contributed by atoms with Gasteiger partial charge in [-0.25, -0.2) is 4.79 Å². The number of benzene rings is 2. The zero-order valence-electron chi connectivity index (χ0n) is 18.2. The van der Waals surface area contributed by atoms with E-state index in [4.69, 9.17) is 4.74 Å². The SMILES string of the molecule is CC(C)(C)OC(=O)NCCN1C(=O)c2cccc3c(N4CCNCC4)ccc(c23)C1=O. The van der Waals surface area contributed by atoms with E-state index in [1.54, 1.807) is 26.8 Å². The fourth-order valence-corrected chi connectivity index (χ4v) is 4.10. The summed E-state index contributed by atoms with van der Waals surface area (Å²) in [5, 5.41) is 7.58. The zero-order valence-corrected chi connectivity index (χ0v) is 18.2. The third-order valence-corrected chi connectivity index (χ3v) is 5.43. The van der Waals surface area contributed by atoms with Crippen molar-refractivity contribution < 1.29 is 19.1 Å². The fraction of sp³-hybridized carbons (Fsp3) is 0.435. The predicted octanol–water partition coefficient (Wildman–Crippen LogP) is 2.37. The molecule has 1 saturated heterocycles. The van der Waals surface area contributed by atoms with Crippen molar-refractivity contribution >= 4 is 34.4 Å². The lowest BCUT2D eigenvalue weighted by Crippen LogP contribution is -2.45. The van der Waals surface area contributed by atoms with E-state index in [-0.39, 0.29) is 24.9 Å². The van der Waals surface area contributed by atoms with Gasteiger partial charge >= 0.3 is 6.09 Å². The van der Waals surface area contributed by atoms with Crippen molar-refractivity contribution in [2.45, 2.75) is 26.4 Å². The van der Waals surface area contributed by atoms with Crippen molar-refractivity contribution in [1.82, 2.24) is 15.5 Å². The van der Waals surface area contributed by atoms with Crippen molar-refractivity contribution in [3.8, 4) is 0 Å². The molecule has 0 aromatic heterocycles. The number of rotatable bonds is 4. The number of anilines is 1. The van der Waals surface area contributed by atoms with Crippen LogP contribution in [-0.4, -0.2) is 67.7 Å². The van der Waals surface area contributed by atoms with E-state index in [2.05, 4.69) is 15.5 Å². The molecule has 2 aromatic carbocycles. The van der Waals surface area contributed by atoms with Crippen molar-refractivity contribution in [3.63, 3.8) is 0 Å². The molecule has 3 amide bonds. The standard InChI is InChI=1S/C23H28N4O4/c1-23(2,3)31-22(30)25-11-14-27-20(28)16-6-4-5-15-18(26-12-9-24-10-13-26)8-7-17(19(15)16)21(27)29/h4-8,24H,9-14H2,1-3H3,(H,25,30). The van der Waals surface area contributed by atoms with Crippen LogP contribution < -0.4 is 15.5 Å². The zero-order chi connectivity index (χ0) is 22.2. The summed E-state index contributed by atoms with van der Waals surface area (Å²) in [6.45, 7) is 9.08. The van der Waals surface area contributed by atoms with E-state index in [9.17, 15) is 14.4 Å². The highest BCUT2D eigenvalue weighted by molar-refractivity contribution is 6.26. The molecule has 0 bridgehead atoms. The van der Waals surface area contributed by atoms with Gasteiger partial charge in [0.2, 0.25) is 0 Å². The number of alkyl carbamates (subject to hydrolysis) is 1. The number of carbonyl (C=O) groups excluding carboxylic acids is 3. The van der Waals surface area contributed by atoms with Gasteiger partial charge in [0.25, 0.3) is 11.8 Å². The molecule has 0 radical (unpaired) electrons. The van der Waals surface area contributed by atoms with Gasteiger partial charge in [-0.05, 0) is 39.0 Å². The number of nitrogens with zero attached hydrogens (tertiary/aromatic N) is 2. The second-order valence-corrected chi connectivity index (χ2v) is 8.79. The molecule has 2 aromatic rings. The van der Waals surface area contributed by atoms with E-state index in [1.165, 1.54) is 4.90 Å². The Morgan fingerprint density at radius 2 is 1.74 bits per heavy atom. The van der Waals surface area contributed by atoms with Crippen LogP contribution in [0.5, 0.6) is 0 Å². The third-order valence-electron chi connectivity index (χ3n) is 5.43. The molecule has 0 atom stereocenters. The topological polar surface area (TPSA) is 91.0 Å². The minimum atomic E-state index is -0.614. The van der Waals surface area contributed by atoms with Gasteiger partial charge in [-0.3, -0.25) is 14.5 Å². The third kappa shape index (κ3) is 4.20. The van der Waals surface area contributed by atoms with E-state index >= 15 is 0 Å². The van der Waals surface area contributed by atoms with Gasteiger partial charge in [0, 0.05) is 66.9 Å². The first-order valence-electron chi connectivity index (χ1n) is 10.6. The molecule has 31 heavy (non-hydrogen) atoms. The van der Waals surface area contributed by atoms with Gasteiger partial charge in [-0.1, -0.05) is 12.1 Å². The Hall–Kier alpha value is -3.13. The maximum Gasteiger partial charge on any atom is 0.407 e. The number of amides is 3. The highest BCUT2D eigenvalue weighted by Gasteiger charge is 2.33. The molecular formula is C23H28N4O4. The lowest BCUT2D eigenvalue weighted by Gasteiger charge is -2.32. The molecule has 4 rings (SSSR count). The fourth-order valence-electron chi connectivity index (χ4n) is 4.10. The molecule has 2 aliphatic rings. The normalized spacial score (nSPS) is 16.6. The molecule has 0 spiro atoms. The van der Waals surface area contributed by atoms with Crippen LogP contribution in [0.3, 0.4) is 0 Å². The van der Waals surface area contributed by atoms with E-state index < -0.39 is 11.7 Å². The maximum atomic E-state index is 13.1. The summed E-state index contributed by atoms with van der Waals surface area (Å²) in [6, 6.07) is 9.37. The number of ether oxygens (including phenoxy) is 1. The van der Waals surface area contributed by atoms with E-state index in [0.717, 1.165) is 37.3 Å². The van der Waals surface area contributed by atoms with Crippen LogP contribution in [0.2, 0.25) is 0 Å². The Labute approximate surface area is 181 Å². The Bertz CT molecular complexity index is 1020. The van der Waals surface area contributed by atoms with Crippen molar-refractivity contribution in [1.29, 1.82) is 0 Å². The lowest BCUT2D eigenvalue weighted by atomic mass is 9.92. The second kappa shape index (κ2) is 8.19. The van der Waals surface area contributed by atoms with Crippen molar-refractivity contribution in [3.05, 3.63) is 41.5 Å². The maximum absolute atomic E-state index is 13.1. The number of imide groups is 1. The van der Waals surface area contributed by atoms with Gasteiger partial charge in [-0.15, -0.1) is 0 Å². The summed E-state index contributed by atoms with van der Waals surface area (Å²) >= 11 is 0. The highest BCUT2D eigenvalue weighted by Crippen LogP contribution is 2.36. The molecule has 0 aliphatic carbocycles. The molecule has 2 aliphatic heterocycles. The molecule has 1 fully saturated rings. The van der Waals surface area contributed by atoms with Gasteiger partial charge in [0.05, 0.1) is 0 Å². The minimum Gasteiger partial charge on any atom is -0.444 e. The summed E-state index contributed by atoms with van der Waals surface area (Å²) in [6.07, 6.45) is -0.576. The van der Waals surface area contributed by atoms with Crippen LogP contribution in [0, 0.1) is 0 Å². The first kappa shape index (κ1) is 21.1. The molecule has 8 heteroatoms. The average molecular weight is 425 g/mol. The predicted molar refractivity (Wildman–Crippen MR) is 119 cm³/mol. The van der Waals surface area contributed by atoms with Gasteiger partial charge in [-0.2, -0.15) is 0 Å². The number of piperazine rings is 1. The molecule has 2 heterocycles. The summed E-state index contributed by atoms with van der Waals surface area (Å²) in [5.74, 6) is -0.682. The molecule has 2 N–H and O–H groups in total. The molecule has 0 unspecified atom stereocenters. The van der Waals surface area contributed by atoms with Crippen molar-refractivity contribution in [2.75, 3.05) is 44.2 Å². The van der Waals surface area contributed by atoms with Gasteiger partial charge < -0.3 is 20.3 Å². The van der Waals surface area contributed by atoms with E-state index in [0.29, 0.717) is 16.5 Å². The number of hydrogen-bond donors (Lipinski definition) is 2. The molecule has 0 saturated carbocycles. The minimum absolute atomic E-state index is 0.0757. The number of hydrogen-bond acceptors (Lipinski definition) is 6. The first-order valence-corrected chi connectivity index (χ1v) is 10.6. The Morgan fingerprint density at radius 3 is 2.42 bits per heavy atom. The van der Waals surface area contributed by atoms with Gasteiger partial charge in [0.1, 0.15) is 5.60 Å². The first-order chi connectivity index (χ1) is 14.8. The lowest BCUT2D eigenvalue weighted by molar-refractivity contribution is 0.0496. The second-order valence-electron chi connectivity index (χ2n) is 8.79. The van der Waals surface area contributed by atoms with Crippen LogP contribution >= 0.6 is 0 Å². The van der Waals surface area contributed by atoms with Crippen LogP contribution in [0.15, 0.2) is 30.3 Å². The van der Waals surface area contributed by atoms with Gasteiger partial charge in [0.15, 0.2) is 0 Å². The summed E-state index contributed by atoms with van der Waals surface area (Å²) in [4.78, 5) is 41.6. The molecule has 164 valence electrons. The van der Waals surface area contributed by atoms with Crippen molar-refractivity contribution in [2.24, 2.45) is 0 Å². The largest absolute Gasteiger partial charge is 0.444 e. The average Bonchev–Trinajstić information content (AvgIpc) is 2.73. The summed E-state index contributed by atoms with van der Waals surface area (Å²) in [5.41, 5.74) is 1.46. The number of nitrogens with one attached hydrogen (secondary N) is 2. The van der Waals surface area contributed by atoms with Crippen LogP contribution in [-0.2, 0) is 4.74 Å². The summed E-state index contributed by atoms with van der Waals surface area (Å²) in [7, 11) is 0. The number of carbonyl (C=O) groups is 3. The monoisotopic (exact) mass is 424 g/mol. The van der Waals surface area contributed by atoms with Crippen LogP contribution in [0.4, 0.5) is 10.5 Å². The van der Waals surface area contributed by atoms with Crippen LogP contribution in [0.1, 0.15) is 41.5 Å². The molecule has 8 nitrogen and oxygen atoms in total. The Kier molecular flexibility index (Phi) is 5.58. The molecular weight excluding hydrogens is 396 g/mol. The summed E-state index contributed by atoms with van der Waals surface area (Å²) < 4.78 is 5.21. The Morgan fingerprint density at radius 1 is 1.06 bits per heavy atom.